The Labute approximate surface area is 111 Å². The van der Waals surface area contributed by atoms with Crippen LogP contribution in [0.3, 0.4) is 0 Å². The minimum Gasteiger partial charge on any atom is -0.213 e. The highest BCUT2D eigenvalue weighted by Gasteiger charge is 2.27. The summed E-state index contributed by atoms with van der Waals surface area (Å²) in [6, 6.07) is 0. The molecule has 0 N–H and O–H groups in total. The van der Waals surface area contributed by atoms with Crippen LogP contribution in [-0.4, -0.2) is 37.4 Å². The van der Waals surface area contributed by atoms with Gasteiger partial charge in [0.05, 0.1) is 6.26 Å². The Balaban J connectivity index is 2.50. The topological polar surface area (TPSA) is 37.4 Å². The second-order valence-electron chi connectivity index (χ2n) is 5.27. The third-order valence-corrected chi connectivity index (χ3v) is 5.67. The maximum absolute atomic E-state index is 11.5. The van der Waals surface area contributed by atoms with E-state index in [-0.39, 0.29) is 5.38 Å². The van der Waals surface area contributed by atoms with Crippen LogP contribution in [0.5, 0.6) is 0 Å². The maximum atomic E-state index is 11.5. The van der Waals surface area contributed by atoms with Crippen molar-refractivity contribution in [2.45, 2.75) is 44.9 Å². The smallest absolute Gasteiger partial charge is 0.211 e. The standard InChI is InChI=1S/C12H24ClNO2S/c1-4-12(13)10(2)8-11-6-5-7-14(9-11)17(3,15)16/h10-12H,4-9H2,1-3H3. The third-order valence-electron chi connectivity index (χ3n) is 3.66. The number of hydrogen-bond acceptors (Lipinski definition) is 2. The molecule has 0 radical (unpaired) electrons. The largest absolute Gasteiger partial charge is 0.213 e. The number of nitrogens with zero attached hydrogens (tertiary/aromatic N) is 1. The molecule has 3 nitrogen and oxygen atoms in total. The van der Waals surface area contributed by atoms with Crippen LogP contribution >= 0.6 is 11.6 Å². The molecular formula is C12H24ClNO2S. The highest BCUT2D eigenvalue weighted by Crippen LogP contribution is 2.28. The second-order valence-corrected chi connectivity index (χ2v) is 7.81. The Morgan fingerprint density at radius 1 is 1.47 bits per heavy atom. The summed E-state index contributed by atoms with van der Waals surface area (Å²) in [4.78, 5) is 0. The predicted octanol–water partition coefficient (Wildman–Crippen LogP) is 2.70. The van der Waals surface area contributed by atoms with Crippen molar-refractivity contribution in [1.82, 2.24) is 4.31 Å². The van der Waals surface area contributed by atoms with Gasteiger partial charge >= 0.3 is 0 Å². The average molecular weight is 282 g/mol. The molecule has 0 spiro atoms. The first kappa shape index (κ1) is 15.3. The lowest BCUT2D eigenvalue weighted by atomic mass is 9.87. The third kappa shape index (κ3) is 4.76. The molecule has 5 heteroatoms. The molecule has 0 saturated carbocycles. The number of sulfonamides is 1. The van der Waals surface area contributed by atoms with Gasteiger partial charge in [0.2, 0.25) is 10.0 Å². The first-order chi connectivity index (χ1) is 7.84. The van der Waals surface area contributed by atoms with E-state index in [9.17, 15) is 8.42 Å². The van der Waals surface area contributed by atoms with Crippen molar-refractivity contribution in [3.8, 4) is 0 Å². The molecule has 1 aliphatic heterocycles. The van der Waals surface area contributed by atoms with Crippen LogP contribution in [0.2, 0.25) is 0 Å². The Morgan fingerprint density at radius 3 is 2.65 bits per heavy atom. The molecular weight excluding hydrogens is 258 g/mol. The summed E-state index contributed by atoms with van der Waals surface area (Å²) in [7, 11) is -3.02. The lowest BCUT2D eigenvalue weighted by molar-refractivity contribution is 0.232. The lowest BCUT2D eigenvalue weighted by Crippen LogP contribution is -2.40. The fourth-order valence-electron chi connectivity index (χ4n) is 2.60. The molecule has 0 aromatic carbocycles. The summed E-state index contributed by atoms with van der Waals surface area (Å²) in [6.07, 6.45) is 5.42. The van der Waals surface area contributed by atoms with E-state index in [0.29, 0.717) is 24.9 Å². The number of halogens is 1. The van der Waals surface area contributed by atoms with Crippen LogP contribution in [-0.2, 0) is 10.0 Å². The second kappa shape index (κ2) is 6.39. The lowest BCUT2D eigenvalue weighted by Gasteiger charge is -2.33. The summed E-state index contributed by atoms with van der Waals surface area (Å²) in [5.74, 6) is 0.937. The summed E-state index contributed by atoms with van der Waals surface area (Å²) >= 11 is 6.23. The van der Waals surface area contributed by atoms with Gasteiger partial charge in [0.1, 0.15) is 0 Å². The maximum Gasteiger partial charge on any atom is 0.211 e. The zero-order chi connectivity index (χ0) is 13.1. The highest BCUT2D eigenvalue weighted by atomic mass is 35.5. The van der Waals surface area contributed by atoms with Crippen LogP contribution < -0.4 is 0 Å². The molecule has 0 bridgehead atoms. The summed E-state index contributed by atoms with van der Waals surface area (Å²) in [5.41, 5.74) is 0. The Kier molecular flexibility index (Phi) is 5.74. The Morgan fingerprint density at radius 2 is 2.12 bits per heavy atom. The minimum atomic E-state index is -3.02. The van der Waals surface area contributed by atoms with E-state index in [4.69, 9.17) is 11.6 Å². The van der Waals surface area contributed by atoms with Crippen molar-refractivity contribution in [3.05, 3.63) is 0 Å². The molecule has 1 fully saturated rings. The van der Waals surface area contributed by atoms with Gasteiger partial charge in [-0.25, -0.2) is 12.7 Å². The quantitative estimate of drug-likeness (QED) is 0.727. The SMILES string of the molecule is CCC(Cl)C(C)CC1CCCN(S(C)(=O)=O)C1. The van der Waals surface area contributed by atoms with Crippen molar-refractivity contribution in [2.24, 2.45) is 11.8 Å². The first-order valence-electron chi connectivity index (χ1n) is 6.43. The molecule has 3 atom stereocenters. The zero-order valence-corrected chi connectivity index (χ0v) is 12.6. The van der Waals surface area contributed by atoms with E-state index in [1.165, 1.54) is 6.26 Å². The molecule has 0 aliphatic carbocycles. The summed E-state index contributed by atoms with van der Waals surface area (Å²) < 4.78 is 24.6. The van der Waals surface area contributed by atoms with E-state index < -0.39 is 10.0 Å². The molecule has 1 rings (SSSR count). The van der Waals surface area contributed by atoms with Crippen molar-refractivity contribution in [2.75, 3.05) is 19.3 Å². The van der Waals surface area contributed by atoms with E-state index >= 15 is 0 Å². The van der Waals surface area contributed by atoms with Gasteiger partial charge in [0, 0.05) is 18.5 Å². The van der Waals surface area contributed by atoms with Gasteiger partial charge in [0.15, 0.2) is 0 Å². The van der Waals surface area contributed by atoms with Crippen molar-refractivity contribution < 1.29 is 8.42 Å². The molecule has 1 heterocycles. The van der Waals surface area contributed by atoms with E-state index in [1.807, 2.05) is 0 Å². The molecule has 0 aromatic rings. The molecule has 17 heavy (non-hydrogen) atoms. The van der Waals surface area contributed by atoms with Gasteiger partial charge in [-0.15, -0.1) is 11.6 Å². The number of rotatable bonds is 5. The fourth-order valence-corrected chi connectivity index (χ4v) is 3.64. The van der Waals surface area contributed by atoms with E-state index in [2.05, 4.69) is 13.8 Å². The number of piperidine rings is 1. The van der Waals surface area contributed by atoms with Crippen molar-refractivity contribution >= 4 is 21.6 Å². The average Bonchev–Trinajstić information content (AvgIpc) is 2.27. The van der Waals surface area contributed by atoms with Gasteiger partial charge in [-0.3, -0.25) is 0 Å². The monoisotopic (exact) mass is 281 g/mol. The van der Waals surface area contributed by atoms with Crippen LogP contribution in [0, 0.1) is 11.8 Å². The van der Waals surface area contributed by atoms with Crippen LogP contribution in [0.4, 0.5) is 0 Å². The Bertz CT molecular complexity index is 331. The van der Waals surface area contributed by atoms with Gasteiger partial charge in [-0.1, -0.05) is 13.8 Å². The van der Waals surface area contributed by atoms with Crippen molar-refractivity contribution in [3.63, 3.8) is 0 Å². The van der Waals surface area contributed by atoms with Crippen LogP contribution in [0.15, 0.2) is 0 Å². The van der Waals surface area contributed by atoms with Gasteiger partial charge in [-0.2, -0.15) is 0 Å². The van der Waals surface area contributed by atoms with Crippen molar-refractivity contribution in [1.29, 1.82) is 0 Å². The van der Waals surface area contributed by atoms with Crippen LogP contribution in [0.1, 0.15) is 39.5 Å². The Hall–Kier alpha value is 0.200. The van der Waals surface area contributed by atoms with Crippen LogP contribution in [0.25, 0.3) is 0 Å². The molecule has 3 unspecified atom stereocenters. The van der Waals surface area contributed by atoms with E-state index in [0.717, 1.165) is 25.7 Å². The van der Waals surface area contributed by atoms with Gasteiger partial charge in [0.25, 0.3) is 0 Å². The fraction of sp³-hybridized carbons (Fsp3) is 1.00. The minimum absolute atomic E-state index is 0.212. The number of alkyl halides is 1. The van der Waals surface area contributed by atoms with Gasteiger partial charge < -0.3 is 0 Å². The molecule has 1 aliphatic rings. The zero-order valence-electron chi connectivity index (χ0n) is 11.0. The highest BCUT2D eigenvalue weighted by molar-refractivity contribution is 7.88. The van der Waals surface area contributed by atoms with Gasteiger partial charge in [-0.05, 0) is 37.5 Å². The molecule has 0 amide bonds. The molecule has 1 saturated heterocycles. The summed E-state index contributed by atoms with van der Waals surface area (Å²) in [6.45, 7) is 5.62. The van der Waals surface area contributed by atoms with E-state index in [1.54, 1.807) is 4.31 Å². The molecule has 0 aromatic heterocycles. The normalized spacial score (nSPS) is 26.7. The number of hydrogen-bond donors (Lipinski definition) is 0. The first-order valence-corrected chi connectivity index (χ1v) is 8.72. The summed E-state index contributed by atoms with van der Waals surface area (Å²) in [5, 5.41) is 0.212. The predicted molar refractivity (Wildman–Crippen MR) is 72.9 cm³/mol. The molecule has 102 valence electrons.